The molecule has 0 aromatic heterocycles. The quantitative estimate of drug-likeness (QED) is 0.606. The summed E-state index contributed by atoms with van der Waals surface area (Å²) in [6.45, 7) is 9.82. The van der Waals surface area contributed by atoms with Crippen molar-refractivity contribution in [2.24, 2.45) is 33.1 Å². The Labute approximate surface area is 141 Å². The average molecular weight is 319 g/mol. The molecule has 3 heteroatoms. The Morgan fingerprint density at radius 2 is 1.87 bits per heavy atom. The summed E-state index contributed by atoms with van der Waals surface area (Å²) < 4.78 is 6.31. The van der Waals surface area contributed by atoms with Crippen molar-refractivity contribution in [3.05, 3.63) is 0 Å². The predicted molar refractivity (Wildman–Crippen MR) is 94.4 cm³/mol. The largest absolute Gasteiger partial charge is 0.462 e. The summed E-state index contributed by atoms with van der Waals surface area (Å²) in [6.07, 6.45) is 9.62. The fraction of sp³-hybridized carbons (Fsp3) is 0.950. The molecule has 1 spiro atoms. The van der Waals surface area contributed by atoms with E-state index in [9.17, 15) is 0 Å². The first-order valence-electron chi connectivity index (χ1n) is 9.78. The van der Waals surface area contributed by atoms with E-state index in [0.29, 0.717) is 34.3 Å². The molecule has 6 atom stereocenters. The lowest BCUT2D eigenvalue weighted by atomic mass is 9.62. The first-order chi connectivity index (χ1) is 10.9. The Kier molecular flexibility index (Phi) is 3.36. The van der Waals surface area contributed by atoms with Gasteiger partial charge in [0.05, 0.1) is 0 Å². The summed E-state index contributed by atoms with van der Waals surface area (Å²) in [5, 5.41) is 3.73. The number of nitrogens with zero attached hydrogens (tertiary/aromatic N) is 1. The third-order valence-corrected chi connectivity index (χ3v) is 8.77. The number of nitrogens with one attached hydrogen (secondary N) is 1. The fourth-order valence-electron chi connectivity index (χ4n) is 7.23. The summed E-state index contributed by atoms with van der Waals surface area (Å²) in [4.78, 5) is 4.46. The second-order valence-electron chi connectivity index (χ2n) is 9.44. The van der Waals surface area contributed by atoms with Crippen LogP contribution in [0, 0.1) is 28.1 Å². The minimum atomic E-state index is 0.352. The smallest absolute Gasteiger partial charge is 0.284 e. The van der Waals surface area contributed by atoms with Crippen molar-refractivity contribution in [3.63, 3.8) is 0 Å². The molecule has 0 aromatic carbocycles. The molecular weight excluding hydrogens is 284 g/mol. The van der Waals surface area contributed by atoms with Gasteiger partial charge in [-0.3, -0.25) is 0 Å². The van der Waals surface area contributed by atoms with E-state index in [1.165, 1.54) is 44.9 Å². The number of amidine groups is 1. The third-order valence-electron chi connectivity index (χ3n) is 8.77. The highest BCUT2D eigenvalue weighted by Crippen LogP contribution is 2.92. The van der Waals surface area contributed by atoms with Crippen LogP contribution in [0.1, 0.15) is 72.6 Å². The van der Waals surface area contributed by atoms with Gasteiger partial charge >= 0.3 is 0 Å². The lowest BCUT2D eigenvalue weighted by molar-refractivity contribution is 0.0426. The molecule has 0 radical (unpaired) electrons. The van der Waals surface area contributed by atoms with E-state index in [2.05, 4.69) is 38.0 Å². The van der Waals surface area contributed by atoms with Crippen molar-refractivity contribution in [1.29, 1.82) is 0 Å². The van der Waals surface area contributed by atoms with Crippen LogP contribution in [0.4, 0.5) is 0 Å². The standard InChI is InChI=1S/C20H34N2O/c1-13-8-6-7-9-15(13)23-17(21-5)22-16-12-14-10-11-19(4)18(2,3)20(14,16)19/h13-16H,6-12H2,1-5H3,(H,21,22)/t13?,14-,15?,16-,19-,20?/m1/s1. The summed E-state index contributed by atoms with van der Waals surface area (Å²) in [7, 11) is 1.87. The van der Waals surface area contributed by atoms with Crippen LogP contribution in [0.15, 0.2) is 4.99 Å². The molecule has 130 valence electrons. The second-order valence-corrected chi connectivity index (χ2v) is 9.44. The van der Waals surface area contributed by atoms with E-state index in [0.717, 1.165) is 11.9 Å². The van der Waals surface area contributed by atoms with Gasteiger partial charge in [-0.1, -0.05) is 34.1 Å². The van der Waals surface area contributed by atoms with Gasteiger partial charge in [-0.25, -0.2) is 4.99 Å². The highest BCUT2D eigenvalue weighted by atomic mass is 16.5. The Hall–Kier alpha value is -0.730. The molecule has 0 amide bonds. The van der Waals surface area contributed by atoms with E-state index in [4.69, 9.17) is 4.74 Å². The zero-order chi connectivity index (χ0) is 16.5. The molecule has 3 nitrogen and oxygen atoms in total. The topological polar surface area (TPSA) is 33.6 Å². The minimum absolute atomic E-state index is 0.352. The van der Waals surface area contributed by atoms with Crippen molar-refractivity contribution in [2.45, 2.75) is 84.8 Å². The third kappa shape index (κ3) is 1.75. The van der Waals surface area contributed by atoms with E-state index in [1.807, 2.05) is 7.05 Å². The van der Waals surface area contributed by atoms with Gasteiger partial charge in [0.2, 0.25) is 0 Å². The van der Waals surface area contributed by atoms with Gasteiger partial charge < -0.3 is 10.1 Å². The zero-order valence-corrected chi connectivity index (χ0v) is 15.6. The Morgan fingerprint density at radius 1 is 1.13 bits per heavy atom. The first-order valence-corrected chi connectivity index (χ1v) is 9.78. The molecule has 23 heavy (non-hydrogen) atoms. The lowest BCUT2D eigenvalue weighted by Crippen LogP contribution is -2.56. The number of hydrogen-bond acceptors (Lipinski definition) is 2. The van der Waals surface area contributed by atoms with Crippen molar-refractivity contribution in [2.75, 3.05) is 7.05 Å². The number of ether oxygens (including phenoxy) is 1. The summed E-state index contributed by atoms with van der Waals surface area (Å²) >= 11 is 0. The molecule has 4 saturated carbocycles. The van der Waals surface area contributed by atoms with Crippen molar-refractivity contribution < 1.29 is 4.74 Å². The van der Waals surface area contributed by atoms with Crippen LogP contribution in [0.5, 0.6) is 0 Å². The van der Waals surface area contributed by atoms with Crippen LogP contribution in [-0.4, -0.2) is 25.2 Å². The highest BCUT2D eigenvalue weighted by molar-refractivity contribution is 5.74. The number of hydrogen-bond donors (Lipinski definition) is 1. The SMILES string of the molecule is CN=C(N[C@@H]1C[C@H]2CC[C@]3(C)C(C)(C)C213)OC1CCCCC1C. The summed E-state index contributed by atoms with van der Waals surface area (Å²) in [5.74, 6) is 1.58. The van der Waals surface area contributed by atoms with Gasteiger partial charge in [-0.2, -0.15) is 0 Å². The Morgan fingerprint density at radius 3 is 2.48 bits per heavy atom. The molecule has 3 unspecified atom stereocenters. The molecule has 4 rings (SSSR count). The van der Waals surface area contributed by atoms with E-state index in [-0.39, 0.29) is 0 Å². The van der Waals surface area contributed by atoms with Gasteiger partial charge in [0.15, 0.2) is 0 Å². The minimum Gasteiger partial charge on any atom is -0.462 e. The first kappa shape index (κ1) is 15.8. The molecule has 4 fully saturated rings. The molecule has 0 bridgehead atoms. The highest BCUT2D eigenvalue weighted by Gasteiger charge is 2.89. The van der Waals surface area contributed by atoms with Crippen LogP contribution < -0.4 is 5.32 Å². The zero-order valence-electron chi connectivity index (χ0n) is 15.6. The summed E-state index contributed by atoms with van der Waals surface area (Å²) in [5.41, 5.74) is 1.49. The van der Waals surface area contributed by atoms with Gasteiger partial charge in [-0.05, 0) is 61.2 Å². The van der Waals surface area contributed by atoms with Crippen LogP contribution in [0.3, 0.4) is 0 Å². The van der Waals surface area contributed by atoms with Gasteiger partial charge in [0.1, 0.15) is 6.10 Å². The fourth-order valence-corrected chi connectivity index (χ4v) is 7.23. The molecular formula is C20H34N2O. The number of rotatable bonds is 2. The van der Waals surface area contributed by atoms with Crippen LogP contribution >= 0.6 is 0 Å². The molecule has 0 heterocycles. The molecule has 4 aliphatic rings. The maximum atomic E-state index is 6.31. The predicted octanol–water partition coefficient (Wildman–Crippen LogP) is 4.37. The van der Waals surface area contributed by atoms with E-state index >= 15 is 0 Å². The normalized spacial score (nSPS) is 50.6. The molecule has 0 aromatic rings. The molecule has 4 aliphatic carbocycles. The van der Waals surface area contributed by atoms with Crippen LogP contribution in [0.25, 0.3) is 0 Å². The maximum absolute atomic E-state index is 6.31. The monoisotopic (exact) mass is 318 g/mol. The molecule has 0 aliphatic heterocycles. The van der Waals surface area contributed by atoms with Crippen LogP contribution in [-0.2, 0) is 4.74 Å². The Bertz CT molecular complexity index is 528. The second kappa shape index (κ2) is 4.89. The molecule has 1 N–H and O–H groups in total. The van der Waals surface area contributed by atoms with E-state index < -0.39 is 0 Å². The number of aliphatic imine (C=N–C) groups is 1. The van der Waals surface area contributed by atoms with Gasteiger partial charge in [-0.15, -0.1) is 0 Å². The summed E-state index contributed by atoms with van der Waals surface area (Å²) in [6, 6.07) is 1.37. The average Bonchev–Trinajstić information content (AvgIpc) is 2.77. The Balaban J connectivity index is 1.44. The lowest BCUT2D eigenvalue weighted by Gasteiger charge is -2.48. The van der Waals surface area contributed by atoms with Gasteiger partial charge in [0.25, 0.3) is 6.02 Å². The van der Waals surface area contributed by atoms with Crippen molar-refractivity contribution >= 4 is 6.02 Å². The van der Waals surface area contributed by atoms with Crippen LogP contribution in [0.2, 0.25) is 0 Å². The van der Waals surface area contributed by atoms with Gasteiger partial charge in [0, 0.05) is 18.5 Å². The molecule has 0 saturated heterocycles. The van der Waals surface area contributed by atoms with Crippen molar-refractivity contribution in [1.82, 2.24) is 5.32 Å². The maximum Gasteiger partial charge on any atom is 0.284 e. The van der Waals surface area contributed by atoms with E-state index in [1.54, 1.807) is 0 Å². The van der Waals surface area contributed by atoms with Crippen molar-refractivity contribution in [3.8, 4) is 0 Å².